The lowest BCUT2D eigenvalue weighted by molar-refractivity contribution is -0.136. The number of halogens is 3. The van der Waals surface area contributed by atoms with Crippen LogP contribution in [-0.4, -0.2) is 22.4 Å². The molecule has 126 valence electrons. The molecule has 0 bridgehead atoms. The molecule has 2 N–H and O–H groups in total. The van der Waals surface area contributed by atoms with Crippen LogP contribution < -0.4 is 10.6 Å². The van der Waals surface area contributed by atoms with Gasteiger partial charge in [0.15, 0.2) is 0 Å². The van der Waals surface area contributed by atoms with Crippen molar-refractivity contribution < 1.29 is 18.0 Å². The second-order valence-corrected chi connectivity index (χ2v) is 4.89. The molecule has 0 fully saturated rings. The Kier molecular flexibility index (Phi) is 5.18. The number of amides is 1. The maximum atomic E-state index is 13.0. The third kappa shape index (κ3) is 4.31. The van der Waals surface area contributed by atoms with Gasteiger partial charge < -0.3 is 10.6 Å². The number of nitrogens with one attached hydrogen (secondary N) is 2. The van der Waals surface area contributed by atoms with E-state index in [1.54, 1.807) is 13.0 Å². The molecule has 0 aliphatic carbocycles. The van der Waals surface area contributed by atoms with Gasteiger partial charge in [-0.2, -0.15) is 13.2 Å². The van der Waals surface area contributed by atoms with E-state index in [9.17, 15) is 18.0 Å². The van der Waals surface area contributed by atoms with Crippen LogP contribution in [0.25, 0.3) is 0 Å². The summed E-state index contributed by atoms with van der Waals surface area (Å²) >= 11 is 0. The Bertz CT molecular complexity index is 759. The first-order chi connectivity index (χ1) is 11.3. The summed E-state index contributed by atoms with van der Waals surface area (Å²) < 4.78 is 38.9. The molecule has 5 nitrogen and oxygen atoms in total. The highest BCUT2D eigenvalue weighted by Gasteiger charge is 2.33. The molecule has 0 unspecified atom stereocenters. The molecule has 0 aliphatic heterocycles. The first-order valence-electron chi connectivity index (χ1n) is 6.99. The zero-order chi connectivity index (χ0) is 17.7. The van der Waals surface area contributed by atoms with Crippen molar-refractivity contribution in [2.75, 3.05) is 17.2 Å². The van der Waals surface area contributed by atoms with Crippen molar-refractivity contribution in [1.82, 2.24) is 9.97 Å². The van der Waals surface area contributed by atoms with E-state index in [1.807, 2.05) is 0 Å². The fourth-order valence-electron chi connectivity index (χ4n) is 1.95. The third-order valence-corrected chi connectivity index (χ3v) is 2.97. The highest BCUT2D eigenvalue weighted by Crippen LogP contribution is 2.34. The van der Waals surface area contributed by atoms with Gasteiger partial charge in [-0.1, -0.05) is 18.2 Å². The van der Waals surface area contributed by atoms with Gasteiger partial charge in [0, 0.05) is 12.2 Å². The van der Waals surface area contributed by atoms with Crippen LogP contribution in [-0.2, 0) is 6.18 Å². The normalized spacial score (nSPS) is 11.0. The van der Waals surface area contributed by atoms with Gasteiger partial charge in [-0.3, -0.25) is 4.79 Å². The molecule has 0 atom stereocenters. The van der Waals surface area contributed by atoms with Gasteiger partial charge >= 0.3 is 6.18 Å². The molecule has 8 heteroatoms. The van der Waals surface area contributed by atoms with Crippen molar-refractivity contribution in [2.45, 2.75) is 13.1 Å². The molecule has 2 rings (SSSR count). The van der Waals surface area contributed by atoms with Crippen LogP contribution in [0.5, 0.6) is 0 Å². The van der Waals surface area contributed by atoms with Gasteiger partial charge in [0.1, 0.15) is 5.69 Å². The standard InChI is InChI=1S/C16H15F3N4O/c1-3-8-20-15-21-10(2)9-13(23-15)14(24)22-12-7-5-4-6-11(12)16(17,18)19/h3-7,9H,1,8H2,2H3,(H,22,24)(H,20,21,23). The molecule has 24 heavy (non-hydrogen) atoms. The summed E-state index contributed by atoms with van der Waals surface area (Å²) in [6.07, 6.45) is -2.98. The molecule has 0 spiro atoms. The van der Waals surface area contributed by atoms with E-state index in [2.05, 4.69) is 27.2 Å². The van der Waals surface area contributed by atoms with Crippen LogP contribution in [0.3, 0.4) is 0 Å². The van der Waals surface area contributed by atoms with E-state index in [-0.39, 0.29) is 17.3 Å². The SMILES string of the molecule is C=CCNc1nc(C)cc(C(=O)Nc2ccccc2C(F)(F)F)n1. The third-order valence-electron chi connectivity index (χ3n) is 2.97. The van der Waals surface area contributed by atoms with E-state index in [1.165, 1.54) is 24.3 Å². The maximum absolute atomic E-state index is 13.0. The molecule has 1 heterocycles. The Labute approximate surface area is 136 Å². The van der Waals surface area contributed by atoms with Crippen molar-refractivity contribution in [1.29, 1.82) is 0 Å². The molecule has 2 aromatic rings. The summed E-state index contributed by atoms with van der Waals surface area (Å²) in [4.78, 5) is 20.3. The minimum atomic E-state index is -4.57. The highest BCUT2D eigenvalue weighted by atomic mass is 19.4. The lowest BCUT2D eigenvalue weighted by Gasteiger charge is -2.13. The van der Waals surface area contributed by atoms with E-state index >= 15 is 0 Å². The van der Waals surface area contributed by atoms with Crippen LogP contribution in [0, 0.1) is 6.92 Å². The van der Waals surface area contributed by atoms with Crippen molar-refractivity contribution in [3.8, 4) is 0 Å². The predicted molar refractivity (Wildman–Crippen MR) is 84.9 cm³/mol. The molecule has 0 aliphatic rings. The number of carbonyl (C=O) groups is 1. The smallest absolute Gasteiger partial charge is 0.351 e. The van der Waals surface area contributed by atoms with E-state index < -0.39 is 17.6 Å². The topological polar surface area (TPSA) is 66.9 Å². The number of hydrogen-bond acceptors (Lipinski definition) is 4. The second kappa shape index (κ2) is 7.12. The van der Waals surface area contributed by atoms with Crippen LogP contribution in [0.1, 0.15) is 21.7 Å². The van der Waals surface area contributed by atoms with Gasteiger partial charge in [0.05, 0.1) is 11.3 Å². The average Bonchev–Trinajstić information content (AvgIpc) is 2.52. The van der Waals surface area contributed by atoms with Crippen LogP contribution >= 0.6 is 0 Å². The number of benzene rings is 1. The minimum Gasteiger partial charge on any atom is -0.351 e. The van der Waals surface area contributed by atoms with Crippen LogP contribution in [0.2, 0.25) is 0 Å². The summed E-state index contributed by atoms with van der Waals surface area (Å²) in [6, 6.07) is 6.14. The number of alkyl halides is 3. The zero-order valence-corrected chi connectivity index (χ0v) is 12.8. The summed E-state index contributed by atoms with van der Waals surface area (Å²) in [5, 5.41) is 5.08. The fraction of sp³-hybridized carbons (Fsp3) is 0.188. The monoisotopic (exact) mass is 336 g/mol. The van der Waals surface area contributed by atoms with Crippen molar-refractivity contribution >= 4 is 17.5 Å². The lowest BCUT2D eigenvalue weighted by atomic mass is 10.1. The zero-order valence-electron chi connectivity index (χ0n) is 12.8. The highest BCUT2D eigenvalue weighted by molar-refractivity contribution is 6.03. The summed E-state index contributed by atoms with van der Waals surface area (Å²) in [7, 11) is 0. The maximum Gasteiger partial charge on any atom is 0.418 e. The number of aromatic nitrogens is 2. The quantitative estimate of drug-likeness (QED) is 0.818. The fourth-order valence-corrected chi connectivity index (χ4v) is 1.95. The van der Waals surface area contributed by atoms with E-state index in [0.717, 1.165) is 6.07 Å². The molecule has 1 aromatic heterocycles. The second-order valence-electron chi connectivity index (χ2n) is 4.89. The Balaban J connectivity index is 2.28. The Morgan fingerprint density at radius 1 is 1.29 bits per heavy atom. The summed E-state index contributed by atoms with van der Waals surface area (Å²) in [5.41, 5.74) is -0.780. The summed E-state index contributed by atoms with van der Waals surface area (Å²) in [6.45, 7) is 5.58. The van der Waals surface area contributed by atoms with E-state index in [4.69, 9.17) is 0 Å². The average molecular weight is 336 g/mol. The van der Waals surface area contributed by atoms with E-state index in [0.29, 0.717) is 12.2 Å². The van der Waals surface area contributed by atoms with Crippen molar-refractivity contribution in [3.05, 3.63) is 59.9 Å². The molecule has 1 amide bonds. The number of aryl methyl sites for hydroxylation is 1. The molecule has 0 radical (unpaired) electrons. The number of carbonyl (C=O) groups excluding carboxylic acids is 1. The molecule has 1 aromatic carbocycles. The largest absolute Gasteiger partial charge is 0.418 e. The summed E-state index contributed by atoms with van der Waals surface area (Å²) in [5.74, 6) is -0.553. The molecular weight excluding hydrogens is 321 g/mol. The van der Waals surface area contributed by atoms with Crippen LogP contribution in [0.15, 0.2) is 43.0 Å². The molecular formula is C16H15F3N4O. The Morgan fingerprint density at radius 2 is 2.00 bits per heavy atom. The first-order valence-corrected chi connectivity index (χ1v) is 6.99. The van der Waals surface area contributed by atoms with Crippen LogP contribution in [0.4, 0.5) is 24.8 Å². The number of para-hydroxylation sites is 1. The number of anilines is 2. The van der Waals surface area contributed by atoms with Gasteiger partial charge in [-0.15, -0.1) is 6.58 Å². The Hall–Kier alpha value is -2.90. The van der Waals surface area contributed by atoms with Gasteiger partial charge in [0.25, 0.3) is 5.91 Å². The predicted octanol–water partition coefficient (Wildman–Crippen LogP) is 3.65. The van der Waals surface area contributed by atoms with Gasteiger partial charge in [0.2, 0.25) is 5.95 Å². The lowest BCUT2D eigenvalue weighted by Crippen LogP contribution is -2.19. The van der Waals surface area contributed by atoms with Crippen molar-refractivity contribution in [3.63, 3.8) is 0 Å². The van der Waals surface area contributed by atoms with Gasteiger partial charge in [-0.25, -0.2) is 9.97 Å². The van der Waals surface area contributed by atoms with Crippen molar-refractivity contribution in [2.24, 2.45) is 0 Å². The first kappa shape index (κ1) is 17.5. The number of rotatable bonds is 5. The number of hydrogen-bond donors (Lipinski definition) is 2. The molecule has 0 saturated heterocycles. The minimum absolute atomic E-state index is 0.0361. The molecule has 0 saturated carbocycles. The number of nitrogens with zero attached hydrogens (tertiary/aromatic N) is 2. The Morgan fingerprint density at radius 3 is 2.67 bits per heavy atom. The van der Waals surface area contributed by atoms with Gasteiger partial charge in [-0.05, 0) is 25.1 Å².